The van der Waals surface area contributed by atoms with Gasteiger partial charge in [-0.1, -0.05) is 54.1 Å². The molecule has 19 heavy (non-hydrogen) atoms. The second-order valence-corrected chi connectivity index (χ2v) is 5.63. The molecule has 0 bridgehead atoms. The van der Waals surface area contributed by atoms with E-state index in [1.165, 1.54) is 16.7 Å². The van der Waals surface area contributed by atoms with Crippen molar-refractivity contribution in [3.05, 3.63) is 70.2 Å². The lowest BCUT2D eigenvalue weighted by molar-refractivity contribution is 0.397. The molecular formula is C17H18ClN. The first-order valence-corrected chi connectivity index (χ1v) is 7.16. The Labute approximate surface area is 119 Å². The highest BCUT2D eigenvalue weighted by molar-refractivity contribution is 6.31. The molecule has 0 saturated carbocycles. The van der Waals surface area contributed by atoms with E-state index in [0.29, 0.717) is 12.0 Å². The Bertz CT molecular complexity index is 554. The topological polar surface area (TPSA) is 12.0 Å². The van der Waals surface area contributed by atoms with Gasteiger partial charge in [0.15, 0.2) is 0 Å². The van der Waals surface area contributed by atoms with Crippen molar-refractivity contribution in [1.29, 1.82) is 0 Å². The lowest BCUT2D eigenvalue weighted by atomic mass is 9.90. The van der Waals surface area contributed by atoms with Gasteiger partial charge in [-0.05, 0) is 48.6 Å². The molecule has 2 aromatic carbocycles. The molecule has 0 amide bonds. The average molecular weight is 272 g/mol. The molecule has 0 saturated heterocycles. The third kappa shape index (κ3) is 2.41. The van der Waals surface area contributed by atoms with Gasteiger partial charge in [-0.3, -0.25) is 0 Å². The van der Waals surface area contributed by atoms with Crippen molar-refractivity contribution in [2.24, 2.45) is 5.92 Å². The first-order chi connectivity index (χ1) is 9.29. The van der Waals surface area contributed by atoms with E-state index in [1.807, 2.05) is 19.2 Å². The van der Waals surface area contributed by atoms with E-state index >= 15 is 0 Å². The number of rotatable bonds is 3. The van der Waals surface area contributed by atoms with Crippen molar-refractivity contribution in [3.63, 3.8) is 0 Å². The van der Waals surface area contributed by atoms with Gasteiger partial charge in [0.2, 0.25) is 0 Å². The van der Waals surface area contributed by atoms with Crippen molar-refractivity contribution in [1.82, 2.24) is 5.32 Å². The van der Waals surface area contributed by atoms with Gasteiger partial charge >= 0.3 is 0 Å². The minimum atomic E-state index is 0.320. The van der Waals surface area contributed by atoms with Gasteiger partial charge in [0.1, 0.15) is 0 Å². The Balaban J connectivity index is 1.88. The summed E-state index contributed by atoms with van der Waals surface area (Å²) >= 11 is 6.35. The zero-order valence-electron chi connectivity index (χ0n) is 11.1. The third-order valence-corrected chi connectivity index (χ3v) is 4.45. The quantitative estimate of drug-likeness (QED) is 0.889. The summed E-state index contributed by atoms with van der Waals surface area (Å²) in [6.45, 7) is 0. The molecule has 1 unspecified atom stereocenters. The number of benzene rings is 2. The first kappa shape index (κ1) is 12.7. The number of fused-ring (bicyclic) bond motifs is 1. The molecule has 2 heteroatoms. The summed E-state index contributed by atoms with van der Waals surface area (Å²) in [6, 6.07) is 17.2. The SMILES string of the molecule is CNC(c1ccccc1Cl)C1Cc2ccccc2C1. The standard InChI is InChI=1S/C17H18ClN/c1-19-17(15-8-4-5-9-16(15)18)14-10-12-6-2-3-7-13(12)11-14/h2-9,14,17,19H,10-11H2,1H3. The molecule has 0 aromatic heterocycles. The lowest BCUT2D eigenvalue weighted by Crippen LogP contribution is -2.26. The molecule has 1 atom stereocenters. The Kier molecular flexibility index (Phi) is 3.58. The molecule has 2 aromatic rings. The van der Waals surface area contributed by atoms with E-state index in [-0.39, 0.29) is 0 Å². The fourth-order valence-electron chi connectivity index (χ4n) is 3.20. The van der Waals surface area contributed by atoms with Gasteiger partial charge in [-0.15, -0.1) is 0 Å². The Morgan fingerprint density at radius 1 is 1.00 bits per heavy atom. The fraction of sp³-hybridized carbons (Fsp3) is 0.294. The van der Waals surface area contributed by atoms with Crippen LogP contribution in [-0.4, -0.2) is 7.05 Å². The van der Waals surface area contributed by atoms with Gasteiger partial charge in [0.25, 0.3) is 0 Å². The van der Waals surface area contributed by atoms with Crippen molar-refractivity contribution < 1.29 is 0 Å². The summed E-state index contributed by atoms with van der Waals surface area (Å²) in [5.74, 6) is 0.585. The van der Waals surface area contributed by atoms with Crippen LogP contribution in [0.4, 0.5) is 0 Å². The Morgan fingerprint density at radius 3 is 2.16 bits per heavy atom. The van der Waals surface area contributed by atoms with Crippen LogP contribution in [0.2, 0.25) is 5.02 Å². The highest BCUT2D eigenvalue weighted by Gasteiger charge is 2.29. The van der Waals surface area contributed by atoms with Gasteiger partial charge in [0.05, 0.1) is 0 Å². The maximum Gasteiger partial charge on any atom is 0.0453 e. The van der Waals surface area contributed by atoms with Gasteiger partial charge in [0, 0.05) is 11.1 Å². The number of halogens is 1. The molecule has 0 heterocycles. The second kappa shape index (κ2) is 5.36. The van der Waals surface area contributed by atoms with Crippen molar-refractivity contribution in [2.45, 2.75) is 18.9 Å². The maximum absolute atomic E-state index is 6.35. The van der Waals surface area contributed by atoms with Gasteiger partial charge in [-0.2, -0.15) is 0 Å². The van der Waals surface area contributed by atoms with E-state index in [4.69, 9.17) is 11.6 Å². The van der Waals surface area contributed by atoms with Crippen molar-refractivity contribution in [2.75, 3.05) is 7.05 Å². The summed E-state index contributed by atoms with van der Waals surface area (Å²) < 4.78 is 0. The predicted octanol–water partition coefficient (Wildman–Crippen LogP) is 4.02. The van der Waals surface area contributed by atoms with E-state index in [9.17, 15) is 0 Å². The van der Waals surface area contributed by atoms with Crippen LogP contribution in [0.25, 0.3) is 0 Å². The zero-order valence-corrected chi connectivity index (χ0v) is 11.8. The summed E-state index contributed by atoms with van der Waals surface area (Å²) in [4.78, 5) is 0. The molecule has 0 radical (unpaired) electrons. The number of hydrogen-bond acceptors (Lipinski definition) is 1. The fourth-order valence-corrected chi connectivity index (χ4v) is 3.45. The molecule has 0 fully saturated rings. The normalized spacial score (nSPS) is 16.3. The van der Waals surface area contributed by atoms with Crippen LogP contribution in [0.5, 0.6) is 0 Å². The van der Waals surface area contributed by atoms with E-state index < -0.39 is 0 Å². The maximum atomic E-state index is 6.35. The monoisotopic (exact) mass is 271 g/mol. The highest BCUT2D eigenvalue weighted by Crippen LogP contribution is 2.37. The largest absolute Gasteiger partial charge is 0.313 e. The zero-order chi connectivity index (χ0) is 13.2. The highest BCUT2D eigenvalue weighted by atomic mass is 35.5. The number of nitrogens with one attached hydrogen (secondary N) is 1. The Hall–Kier alpha value is -1.31. The van der Waals surface area contributed by atoms with Crippen LogP contribution in [-0.2, 0) is 12.8 Å². The molecular weight excluding hydrogens is 254 g/mol. The molecule has 0 spiro atoms. The van der Waals surface area contributed by atoms with Gasteiger partial charge in [-0.25, -0.2) is 0 Å². The van der Waals surface area contributed by atoms with E-state index in [1.54, 1.807) is 0 Å². The van der Waals surface area contributed by atoms with E-state index in [0.717, 1.165) is 17.9 Å². The minimum absolute atomic E-state index is 0.320. The summed E-state index contributed by atoms with van der Waals surface area (Å²) in [5, 5.41) is 4.31. The predicted molar refractivity (Wildman–Crippen MR) is 80.6 cm³/mol. The first-order valence-electron chi connectivity index (χ1n) is 6.78. The molecule has 0 aliphatic heterocycles. The molecule has 1 aliphatic rings. The third-order valence-electron chi connectivity index (χ3n) is 4.11. The summed E-state index contributed by atoms with van der Waals surface area (Å²) in [7, 11) is 2.02. The van der Waals surface area contributed by atoms with E-state index in [2.05, 4.69) is 41.7 Å². The Morgan fingerprint density at radius 2 is 1.58 bits per heavy atom. The van der Waals surface area contributed by atoms with Crippen molar-refractivity contribution in [3.8, 4) is 0 Å². The van der Waals surface area contributed by atoms with Crippen LogP contribution in [0.3, 0.4) is 0 Å². The van der Waals surface area contributed by atoms with Gasteiger partial charge < -0.3 is 5.32 Å². The smallest absolute Gasteiger partial charge is 0.0453 e. The molecule has 98 valence electrons. The lowest BCUT2D eigenvalue weighted by Gasteiger charge is -2.24. The minimum Gasteiger partial charge on any atom is -0.313 e. The molecule has 1 N–H and O–H groups in total. The molecule has 1 nitrogen and oxygen atoms in total. The average Bonchev–Trinajstić information content (AvgIpc) is 2.85. The van der Waals surface area contributed by atoms with Crippen LogP contribution in [0.15, 0.2) is 48.5 Å². The number of hydrogen-bond donors (Lipinski definition) is 1. The van der Waals surface area contributed by atoms with Crippen LogP contribution in [0, 0.1) is 5.92 Å². The summed E-state index contributed by atoms with van der Waals surface area (Å²) in [5.41, 5.74) is 4.18. The van der Waals surface area contributed by atoms with Crippen LogP contribution < -0.4 is 5.32 Å². The van der Waals surface area contributed by atoms with Crippen LogP contribution in [0.1, 0.15) is 22.7 Å². The molecule has 1 aliphatic carbocycles. The summed E-state index contributed by atoms with van der Waals surface area (Å²) in [6.07, 6.45) is 2.26. The molecule has 3 rings (SSSR count). The van der Waals surface area contributed by atoms with Crippen molar-refractivity contribution >= 4 is 11.6 Å². The second-order valence-electron chi connectivity index (χ2n) is 5.22. The van der Waals surface area contributed by atoms with Crippen LogP contribution >= 0.6 is 11.6 Å².